The molecule has 0 heterocycles. The lowest BCUT2D eigenvalue weighted by Gasteiger charge is -2.05. The number of carbonyl (C=O) groups is 2. The maximum Gasteiger partial charge on any atom is 0.306 e. The molecule has 0 aliphatic heterocycles. The number of halogens is 1. The Hall–Kier alpha value is -1.71. The molecule has 0 fully saturated rings. The number of esters is 1. The summed E-state index contributed by atoms with van der Waals surface area (Å²) in [5.74, 6) is -1.06. The van der Waals surface area contributed by atoms with E-state index in [1.54, 1.807) is 19.9 Å². The van der Waals surface area contributed by atoms with Crippen LogP contribution in [0.4, 0.5) is 4.39 Å². The number of benzene rings is 1. The van der Waals surface area contributed by atoms with Crippen molar-refractivity contribution in [1.82, 2.24) is 0 Å². The number of hydrogen-bond acceptors (Lipinski definition) is 3. The Kier molecular flexibility index (Phi) is 4.82. The molecule has 0 unspecified atom stereocenters. The lowest BCUT2D eigenvalue weighted by Crippen LogP contribution is -2.09. The van der Waals surface area contributed by atoms with Gasteiger partial charge in [-0.25, -0.2) is 4.39 Å². The summed E-state index contributed by atoms with van der Waals surface area (Å²) in [4.78, 5) is 22.8. The van der Waals surface area contributed by atoms with Gasteiger partial charge in [0.1, 0.15) is 5.82 Å². The van der Waals surface area contributed by atoms with Crippen molar-refractivity contribution in [3.8, 4) is 0 Å². The minimum absolute atomic E-state index is 0.0304. The summed E-state index contributed by atoms with van der Waals surface area (Å²) in [6.45, 7) is 3.55. The number of ketones is 1. The third-order valence-corrected chi connectivity index (χ3v) is 2.43. The zero-order valence-corrected chi connectivity index (χ0v) is 9.96. The van der Waals surface area contributed by atoms with Gasteiger partial charge in [0.05, 0.1) is 13.0 Å². The highest BCUT2D eigenvalue weighted by molar-refractivity contribution is 5.98. The molecule has 0 aliphatic carbocycles. The van der Waals surface area contributed by atoms with Crippen molar-refractivity contribution in [3.05, 3.63) is 35.1 Å². The van der Waals surface area contributed by atoms with Crippen molar-refractivity contribution in [2.75, 3.05) is 6.61 Å². The van der Waals surface area contributed by atoms with Crippen molar-refractivity contribution in [1.29, 1.82) is 0 Å². The van der Waals surface area contributed by atoms with Crippen LogP contribution >= 0.6 is 0 Å². The summed E-state index contributed by atoms with van der Waals surface area (Å²) in [6.07, 6.45) is 0.0752. The molecule has 1 rings (SSSR count). The smallest absolute Gasteiger partial charge is 0.306 e. The van der Waals surface area contributed by atoms with Crippen LogP contribution in [0.3, 0.4) is 0 Å². The first-order valence-electron chi connectivity index (χ1n) is 5.50. The minimum atomic E-state index is -0.410. The third kappa shape index (κ3) is 3.66. The molecular weight excluding hydrogens is 223 g/mol. The molecule has 3 nitrogen and oxygen atoms in total. The van der Waals surface area contributed by atoms with Crippen molar-refractivity contribution in [3.63, 3.8) is 0 Å². The van der Waals surface area contributed by atoms with Gasteiger partial charge in [0.25, 0.3) is 0 Å². The van der Waals surface area contributed by atoms with Gasteiger partial charge in [-0.2, -0.15) is 0 Å². The van der Waals surface area contributed by atoms with Gasteiger partial charge in [-0.1, -0.05) is 12.1 Å². The molecule has 0 bridgehead atoms. The number of ether oxygens (including phenoxy) is 1. The second kappa shape index (κ2) is 6.13. The predicted octanol–water partition coefficient (Wildman–Crippen LogP) is 2.66. The SMILES string of the molecule is CCOC(=O)CCC(=O)c1cccc(F)c1C. The van der Waals surface area contributed by atoms with Crippen LogP contribution in [0.2, 0.25) is 0 Å². The van der Waals surface area contributed by atoms with Gasteiger partial charge in [0, 0.05) is 12.0 Å². The topological polar surface area (TPSA) is 43.4 Å². The van der Waals surface area contributed by atoms with E-state index in [4.69, 9.17) is 4.74 Å². The molecule has 0 saturated heterocycles. The molecule has 0 atom stereocenters. The predicted molar refractivity (Wildman–Crippen MR) is 61.3 cm³/mol. The summed E-state index contributed by atoms with van der Waals surface area (Å²) in [6, 6.07) is 4.35. The van der Waals surface area contributed by atoms with Crippen LogP contribution in [0.1, 0.15) is 35.7 Å². The van der Waals surface area contributed by atoms with E-state index in [9.17, 15) is 14.0 Å². The van der Waals surface area contributed by atoms with Crippen molar-refractivity contribution >= 4 is 11.8 Å². The largest absolute Gasteiger partial charge is 0.466 e. The van der Waals surface area contributed by atoms with Crippen LogP contribution in [0.5, 0.6) is 0 Å². The van der Waals surface area contributed by atoms with E-state index in [2.05, 4.69) is 0 Å². The van der Waals surface area contributed by atoms with Crippen LogP contribution in [0.25, 0.3) is 0 Å². The average Bonchev–Trinajstić information content (AvgIpc) is 2.30. The monoisotopic (exact) mass is 238 g/mol. The molecule has 0 spiro atoms. The molecular formula is C13H15FO3. The van der Waals surface area contributed by atoms with Crippen LogP contribution in [0, 0.1) is 12.7 Å². The molecule has 0 N–H and O–H groups in total. The Labute approximate surface area is 99.6 Å². The normalized spacial score (nSPS) is 10.1. The zero-order chi connectivity index (χ0) is 12.8. The Balaban J connectivity index is 2.64. The van der Waals surface area contributed by atoms with Crippen LogP contribution in [0.15, 0.2) is 18.2 Å². The Morgan fingerprint density at radius 3 is 2.65 bits per heavy atom. The third-order valence-electron chi connectivity index (χ3n) is 2.43. The molecule has 0 aliphatic rings. The molecule has 1 aromatic carbocycles. The number of Topliss-reactive ketones (excluding diaryl/α,β-unsaturated/α-hetero) is 1. The van der Waals surface area contributed by atoms with Crippen LogP contribution in [-0.4, -0.2) is 18.4 Å². The summed E-state index contributed by atoms with van der Waals surface area (Å²) < 4.78 is 17.9. The quantitative estimate of drug-likeness (QED) is 0.585. The Bertz CT molecular complexity index is 427. The zero-order valence-electron chi connectivity index (χ0n) is 9.96. The molecule has 17 heavy (non-hydrogen) atoms. The fourth-order valence-corrected chi connectivity index (χ4v) is 1.49. The van der Waals surface area contributed by atoms with Gasteiger partial charge in [-0.3, -0.25) is 9.59 Å². The molecule has 0 amide bonds. The number of carbonyl (C=O) groups excluding carboxylic acids is 2. The number of hydrogen-bond donors (Lipinski definition) is 0. The van der Waals surface area contributed by atoms with Crippen molar-refractivity contribution in [2.45, 2.75) is 26.7 Å². The highest BCUT2D eigenvalue weighted by Gasteiger charge is 2.13. The van der Waals surface area contributed by atoms with Crippen LogP contribution < -0.4 is 0 Å². The van der Waals surface area contributed by atoms with Gasteiger partial charge in [-0.15, -0.1) is 0 Å². The highest BCUT2D eigenvalue weighted by Crippen LogP contribution is 2.14. The Morgan fingerprint density at radius 2 is 2.00 bits per heavy atom. The molecule has 1 aromatic rings. The maximum atomic E-state index is 13.2. The first-order valence-corrected chi connectivity index (χ1v) is 5.50. The summed E-state index contributed by atoms with van der Waals surface area (Å²) in [5.41, 5.74) is 0.649. The fraction of sp³-hybridized carbons (Fsp3) is 0.385. The minimum Gasteiger partial charge on any atom is -0.466 e. The van der Waals surface area contributed by atoms with Crippen LogP contribution in [-0.2, 0) is 9.53 Å². The molecule has 0 radical (unpaired) electrons. The average molecular weight is 238 g/mol. The van der Waals surface area contributed by atoms with E-state index in [-0.39, 0.29) is 18.6 Å². The van der Waals surface area contributed by atoms with Gasteiger partial charge < -0.3 is 4.74 Å². The van der Waals surface area contributed by atoms with Crippen molar-refractivity contribution in [2.24, 2.45) is 0 Å². The standard InChI is InChI=1S/C13H15FO3/c1-3-17-13(16)8-7-12(15)10-5-4-6-11(14)9(10)2/h4-6H,3,7-8H2,1-2H3. The van der Waals surface area contributed by atoms with E-state index in [1.807, 2.05) is 0 Å². The first kappa shape index (κ1) is 13.4. The summed E-state index contributed by atoms with van der Waals surface area (Å²) >= 11 is 0. The molecule has 4 heteroatoms. The van der Waals surface area contributed by atoms with E-state index >= 15 is 0 Å². The first-order chi connectivity index (χ1) is 8.06. The lowest BCUT2D eigenvalue weighted by molar-refractivity contribution is -0.143. The second-order valence-corrected chi connectivity index (χ2v) is 3.64. The fourth-order valence-electron chi connectivity index (χ4n) is 1.49. The van der Waals surface area contributed by atoms with E-state index in [0.29, 0.717) is 17.7 Å². The second-order valence-electron chi connectivity index (χ2n) is 3.64. The van der Waals surface area contributed by atoms with Gasteiger partial charge >= 0.3 is 5.97 Å². The summed E-state index contributed by atoms with van der Waals surface area (Å²) in [5, 5.41) is 0. The molecule has 0 saturated carbocycles. The Morgan fingerprint density at radius 1 is 1.29 bits per heavy atom. The van der Waals surface area contributed by atoms with E-state index in [0.717, 1.165) is 0 Å². The molecule has 0 aromatic heterocycles. The van der Waals surface area contributed by atoms with Gasteiger partial charge in [0.15, 0.2) is 5.78 Å². The summed E-state index contributed by atoms with van der Waals surface area (Å²) in [7, 11) is 0. The van der Waals surface area contributed by atoms with Gasteiger partial charge in [0.2, 0.25) is 0 Å². The van der Waals surface area contributed by atoms with Gasteiger partial charge in [-0.05, 0) is 25.5 Å². The highest BCUT2D eigenvalue weighted by atomic mass is 19.1. The van der Waals surface area contributed by atoms with Crippen molar-refractivity contribution < 1.29 is 18.7 Å². The molecule has 92 valence electrons. The maximum absolute atomic E-state index is 13.2. The van der Waals surface area contributed by atoms with E-state index in [1.165, 1.54) is 12.1 Å². The number of rotatable bonds is 5. The lowest BCUT2D eigenvalue weighted by atomic mass is 10.0. The van der Waals surface area contributed by atoms with E-state index < -0.39 is 11.8 Å².